The Balaban J connectivity index is 3.14. The molecule has 0 aromatic heterocycles. The molecule has 1 nitrogen and oxygen atoms in total. The largest absolute Gasteiger partial charge is 0.207 e. The van der Waals surface area contributed by atoms with Gasteiger partial charge in [-0.25, -0.2) is 4.39 Å². The molecule has 0 N–H and O–H groups in total. The Kier molecular flexibility index (Phi) is 3.65. The van der Waals surface area contributed by atoms with E-state index in [4.69, 9.17) is 5.26 Å². The number of nitriles is 1. The smallest absolute Gasteiger partial charge is 0.127 e. The molecule has 74 valence electrons. The molecule has 0 aliphatic carbocycles. The van der Waals surface area contributed by atoms with Crippen molar-refractivity contribution in [2.24, 2.45) is 0 Å². The van der Waals surface area contributed by atoms with Gasteiger partial charge in [-0.3, -0.25) is 0 Å². The molecule has 0 spiro atoms. The van der Waals surface area contributed by atoms with Gasteiger partial charge in [-0.15, -0.1) is 0 Å². The standard InChI is InChI=1S/C11H11BrFN/c1-7-9(4-3-5-14)6-10(13)8(2)11(7)12/h6H,3-4H2,1-2H3. The van der Waals surface area contributed by atoms with Crippen LogP contribution in [0.25, 0.3) is 0 Å². The van der Waals surface area contributed by atoms with E-state index in [1.54, 1.807) is 6.92 Å². The molecule has 3 heteroatoms. The second-order valence-electron chi connectivity index (χ2n) is 3.24. The zero-order chi connectivity index (χ0) is 10.7. The van der Waals surface area contributed by atoms with Gasteiger partial charge in [-0.2, -0.15) is 5.26 Å². The molecule has 0 unspecified atom stereocenters. The average molecular weight is 256 g/mol. The van der Waals surface area contributed by atoms with Gasteiger partial charge in [0.1, 0.15) is 5.82 Å². The fourth-order valence-electron chi connectivity index (χ4n) is 1.35. The molecule has 0 saturated heterocycles. The summed E-state index contributed by atoms with van der Waals surface area (Å²) in [7, 11) is 0. The first-order chi connectivity index (χ1) is 6.57. The molecule has 0 fully saturated rings. The summed E-state index contributed by atoms with van der Waals surface area (Å²) in [6, 6.07) is 3.58. The van der Waals surface area contributed by atoms with Crippen molar-refractivity contribution in [3.05, 3.63) is 33.0 Å². The Bertz CT molecular complexity index is 393. The SMILES string of the molecule is Cc1c(F)cc(CCC#N)c(C)c1Br. The monoisotopic (exact) mass is 255 g/mol. The van der Waals surface area contributed by atoms with E-state index in [0.29, 0.717) is 18.4 Å². The third-order valence-electron chi connectivity index (χ3n) is 2.31. The van der Waals surface area contributed by atoms with Crippen LogP contribution in [-0.2, 0) is 6.42 Å². The number of aryl methyl sites for hydroxylation is 1. The number of benzene rings is 1. The third kappa shape index (κ3) is 2.13. The first kappa shape index (κ1) is 11.2. The number of hydrogen-bond acceptors (Lipinski definition) is 1. The summed E-state index contributed by atoms with van der Waals surface area (Å²) >= 11 is 3.35. The van der Waals surface area contributed by atoms with Crippen molar-refractivity contribution in [1.82, 2.24) is 0 Å². The van der Waals surface area contributed by atoms with Gasteiger partial charge < -0.3 is 0 Å². The maximum Gasteiger partial charge on any atom is 0.127 e. The highest BCUT2D eigenvalue weighted by Crippen LogP contribution is 2.27. The number of nitrogens with zero attached hydrogens (tertiary/aromatic N) is 1. The van der Waals surface area contributed by atoms with Crippen LogP contribution in [0.5, 0.6) is 0 Å². The Hall–Kier alpha value is -0.880. The molecule has 1 aromatic carbocycles. The maximum absolute atomic E-state index is 13.3. The van der Waals surface area contributed by atoms with E-state index in [1.165, 1.54) is 6.07 Å². The molecule has 0 aliphatic heterocycles. The van der Waals surface area contributed by atoms with Gasteiger partial charge in [0.05, 0.1) is 6.07 Å². The second-order valence-corrected chi connectivity index (χ2v) is 4.03. The molecular weight excluding hydrogens is 245 g/mol. The maximum atomic E-state index is 13.3. The molecule has 1 rings (SSSR count). The summed E-state index contributed by atoms with van der Waals surface area (Å²) in [5.74, 6) is -0.213. The minimum atomic E-state index is -0.213. The summed E-state index contributed by atoms with van der Waals surface area (Å²) < 4.78 is 14.1. The van der Waals surface area contributed by atoms with Crippen molar-refractivity contribution >= 4 is 15.9 Å². The molecule has 0 saturated carbocycles. The molecule has 0 heterocycles. The lowest BCUT2D eigenvalue weighted by Gasteiger charge is -2.09. The molecule has 0 aliphatic rings. The quantitative estimate of drug-likeness (QED) is 0.792. The second kappa shape index (κ2) is 4.56. The predicted octanol–water partition coefficient (Wildman–Crippen LogP) is 3.66. The van der Waals surface area contributed by atoms with Crippen molar-refractivity contribution in [2.75, 3.05) is 0 Å². The van der Waals surface area contributed by atoms with E-state index in [1.807, 2.05) is 6.92 Å². The van der Waals surface area contributed by atoms with Crippen molar-refractivity contribution < 1.29 is 4.39 Å². The first-order valence-electron chi connectivity index (χ1n) is 4.39. The Morgan fingerprint density at radius 3 is 2.64 bits per heavy atom. The number of rotatable bonds is 2. The highest BCUT2D eigenvalue weighted by atomic mass is 79.9. The molecule has 14 heavy (non-hydrogen) atoms. The van der Waals surface area contributed by atoms with Crippen LogP contribution in [-0.4, -0.2) is 0 Å². The van der Waals surface area contributed by atoms with Crippen molar-refractivity contribution in [1.29, 1.82) is 5.26 Å². The van der Waals surface area contributed by atoms with E-state index >= 15 is 0 Å². The van der Waals surface area contributed by atoms with Gasteiger partial charge in [0.25, 0.3) is 0 Å². The summed E-state index contributed by atoms with van der Waals surface area (Å²) in [6.07, 6.45) is 1.04. The van der Waals surface area contributed by atoms with Crippen LogP contribution in [0, 0.1) is 31.0 Å². The van der Waals surface area contributed by atoms with Gasteiger partial charge in [-0.05, 0) is 43.0 Å². The van der Waals surface area contributed by atoms with Crippen molar-refractivity contribution in [3.63, 3.8) is 0 Å². The molecular formula is C11H11BrFN. The lowest BCUT2D eigenvalue weighted by atomic mass is 10.0. The first-order valence-corrected chi connectivity index (χ1v) is 5.18. The van der Waals surface area contributed by atoms with Crippen LogP contribution >= 0.6 is 15.9 Å². The van der Waals surface area contributed by atoms with Crippen molar-refractivity contribution in [3.8, 4) is 6.07 Å². The average Bonchev–Trinajstić information content (AvgIpc) is 2.18. The highest BCUT2D eigenvalue weighted by Gasteiger charge is 2.09. The molecule has 1 aromatic rings. The fraction of sp³-hybridized carbons (Fsp3) is 0.364. The molecule has 0 amide bonds. The van der Waals surface area contributed by atoms with Crippen LogP contribution in [0.4, 0.5) is 4.39 Å². The van der Waals surface area contributed by atoms with E-state index in [9.17, 15) is 4.39 Å². The highest BCUT2D eigenvalue weighted by molar-refractivity contribution is 9.10. The lowest BCUT2D eigenvalue weighted by Crippen LogP contribution is -1.96. The number of hydrogen-bond donors (Lipinski definition) is 0. The van der Waals surface area contributed by atoms with E-state index < -0.39 is 0 Å². The summed E-state index contributed by atoms with van der Waals surface area (Å²) in [5, 5.41) is 8.46. The summed E-state index contributed by atoms with van der Waals surface area (Å²) in [4.78, 5) is 0. The predicted molar refractivity (Wildman–Crippen MR) is 57.5 cm³/mol. The summed E-state index contributed by atoms with van der Waals surface area (Å²) in [6.45, 7) is 3.67. The van der Waals surface area contributed by atoms with E-state index in [0.717, 1.165) is 15.6 Å². The fourth-order valence-corrected chi connectivity index (χ4v) is 1.79. The van der Waals surface area contributed by atoms with Crippen LogP contribution in [0.3, 0.4) is 0 Å². The minimum Gasteiger partial charge on any atom is -0.207 e. The third-order valence-corrected chi connectivity index (χ3v) is 3.49. The van der Waals surface area contributed by atoms with Crippen LogP contribution in [0.15, 0.2) is 10.5 Å². The summed E-state index contributed by atoms with van der Waals surface area (Å²) in [5.41, 5.74) is 2.56. The van der Waals surface area contributed by atoms with E-state index in [-0.39, 0.29) is 5.82 Å². The van der Waals surface area contributed by atoms with Crippen LogP contribution in [0.1, 0.15) is 23.1 Å². The van der Waals surface area contributed by atoms with Crippen LogP contribution < -0.4 is 0 Å². The number of halogens is 2. The van der Waals surface area contributed by atoms with Gasteiger partial charge in [0, 0.05) is 10.9 Å². The van der Waals surface area contributed by atoms with Gasteiger partial charge in [0.2, 0.25) is 0 Å². The van der Waals surface area contributed by atoms with Gasteiger partial charge in [0.15, 0.2) is 0 Å². The minimum absolute atomic E-state index is 0.213. The molecule has 0 atom stereocenters. The topological polar surface area (TPSA) is 23.8 Å². The Morgan fingerprint density at radius 1 is 1.43 bits per heavy atom. The zero-order valence-electron chi connectivity index (χ0n) is 8.19. The zero-order valence-corrected chi connectivity index (χ0v) is 9.78. The Morgan fingerprint density at radius 2 is 2.07 bits per heavy atom. The molecule has 0 radical (unpaired) electrons. The van der Waals surface area contributed by atoms with Crippen LogP contribution in [0.2, 0.25) is 0 Å². The van der Waals surface area contributed by atoms with Crippen molar-refractivity contribution in [2.45, 2.75) is 26.7 Å². The normalized spacial score (nSPS) is 9.93. The lowest BCUT2D eigenvalue weighted by molar-refractivity contribution is 0.614. The molecule has 0 bridgehead atoms. The van der Waals surface area contributed by atoms with Gasteiger partial charge in [-0.1, -0.05) is 15.9 Å². The van der Waals surface area contributed by atoms with E-state index in [2.05, 4.69) is 22.0 Å². The van der Waals surface area contributed by atoms with Gasteiger partial charge >= 0.3 is 0 Å². The Labute approximate surface area is 91.7 Å².